The highest BCUT2D eigenvalue weighted by Gasteiger charge is 2.61. The monoisotopic (exact) mass is 420 g/mol. The summed E-state index contributed by atoms with van der Waals surface area (Å²) in [4.78, 5) is 40.5. The molecule has 168 valence electrons. The number of carbonyl (C=O) groups excluding carboxylic acids is 3. The van der Waals surface area contributed by atoms with E-state index in [4.69, 9.17) is 9.47 Å². The van der Waals surface area contributed by atoms with Crippen LogP contribution in [0.2, 0.25) is 0 Å². The Labute approximate surface area is 179 Å². The summed E-state index contributed by atoms with van der Waals surface area (Å²) in [5.74, 6) is -1.58. The van der Waals surface area contributed by atoms with Crippen LogP contribution in [0.1, 0.15) is 58.8 Å². The fourth-order valence-corrected chi connectivity index (χ4v) is 4.35. The molecule has 0 unspecified atom stereocenters. The molecule has 1 heterocycles. The van der Waals surface area contributed by atoms with Gasteiger partial charge in [-0.3, -0.25) is 14.4 Å². The smallest absolute Gasteiger partial charge is 0.318 e. The molecular weight excluding hydrogens is 384 g/mol. The lowest BCUT2D eigenvalue weighted by molar-refractivity contribution is -0.158. The molecule has 1 aliphatic carbocycles. The number of ether oxygens (including phenoxy) is 2. The van der Waals surface area contributed by atoms with E-state index < -0.39 is 17.3 Å². The molecule has 0 saturated carbocycles. The number of likely N-dealkylation sites (tertiary alicyclic amines) is 1. The molecule has 0 aromatic carbocycles. The van der Waals surface area contributed by atoms with Gasteiger partial charge in [-0.05, 0) is 39.0 Å². The van der Waals surface area contributed by atoms with Crippen LogP contribution in [-0.2, 0) is 23.9 Å². The lowest BCUT2D eigenvalue weighted by atomic mass is 9.68. The van der Waals surface area contributed by atoms with Crippen LogP contribution >= 0.6 is 0 Å². The molecule has 2 rings (SSSR count). The first-order chi connectivity index (χ1) is 14.5. The number of unbranched alkanes of at least 4 members (excludes halogenated alkanes) is 1. The highest BCUT2D eigenvalue weighted by Crippen LogP contribution is 2.53. The summed E-state index contributed by atoms with van der Waals surface area (Å²) < 4.78 is 10.9. The summed E-state index contributed by atoms with van der Waals surface area (Å²) in [5, 5.41) is 2.87. The highest BCUT2D eigenvalue weighted by molar-refractivity contribution is 5.99. The second kappa shape index (κ2) is 11.9. The molecular formula is C23H36N2O5. The number of rotatable bonds is 13. The minimum Gasteiger partial charge on any atom is -0.465 e. The van der Waals surface area contributed by atoms with Crippen LogP contribution in [0.25, 0.3) is 0 Å². The zero-order valence-electron chi connectivity index (χ0n) is 18.4. The molecule has 7 nitrogen and oxygen atoms in total. The SMILES string of the molecule is C=CCN1C(=O)[C@H](CC(=O)NCCCOCCCC)[C@@]2(C(=O)OCC)CCCC=C12. The van der Waals surface area contributed by atoms with Crippen molar-refractivity contribution in [3.8, 4) is 0 Å². The molecule has 1 saturated heterocycles. The Morgan fingerprint density at radius 2 is 2.10 bits per heavy atom. The first-order valence-electron chi connectivity index (χ1n) is 11.2. The van der Waals surface area contributed by atoms with Crippen LogP contribution in [0.4, 0.5) is 0 Å². The molecule has 1 fully saturated rings. The average Bonchev–Trinajstić information content (AvgIpc) is 2.97. The minimum atomic E-state index is -1.07. The van der Waals surface area contributed by atoms with Crippen LogP contribution in [-0.4, -0.2) is 55.6 Å². The Kier molecular flexibility index (Phi) is 9.56. The van der Waals surface area contributed by atoms with Gasteiger partial charge in [0.15, 0.2) is 0 Å². The summed E-state index contributed by atoms with van der Waals surface area (Å²) in [6, 6.07) is 0. The van der Waals surface area contributed by atoms with Gasteiger partial charge in [0.05, 0.1) is 12.5 Å². The molecule has 0 aromatic rings. The van der Waals surface area contributed by atoms with Crippen LogP contribution in [0.15, 0.2) is 24.4 Å². The Morgan fingerprint density at radius 1 is 1.33 bits per heavy atom. The number of esters is 1. The van der Waals surface area contributed by atoms with E-state index in [0.29, 0.717) is 38.2 Å². The molecule has 2 amide bonds. The van der Waals surface area contributed by atoms with E-state index in [1.807, 2.05) is 6.08 Å². The molecule has 30 heavy (non-hydrogen) atoms. The number of carbonyl (C=O) groups is 3. The predicted octanol–water partition coefficient (Wildman–Crippen LogP) is 2.96. The third-order valence-electron chi connectivity index (χ3n) is 5.79. The van der Waals surface area contributed by atoms with E-state index in [2.05, 4.69) is 18.8 Å². The van der Waals surface area contributed by atoms with Gasteiger partial charge in [0.25, 0.3) is 0 Å². The average molecular weight is 421 g/mol. The maximum Gasteiger partial charge on any atom is 0.318 e. The van der Waals surface area contributed by atoms with Gasteiger partial charge < -0.3 is 19.7 Å². The van der Waals surface area contributed by atoms with Gasteiger partial charge in [0.1, 0.15) is 5.41 Å². The predicted molar refractivity (Wildman–Crippen MR) is 114 cm³/mol. The van der Waals surface area contributed by atoms with E-state index in [-0.39, 0.29) is 24.8 Å². The van der Waals surface area contributed by atoms with Gasteiger partial charge in [0, 0.05) is 38.4 Å². The molecule has 0 radical (unpaired) electrons. The van der Waals surface area contributed by atoms with Gasteiger partial charge in [-0.2, -0.15) is 0 Å². The molecule has 2 aliphatic rings. The second-order valence-corrected chi connectivity index (χ2v) is 7.84. The fraction of sp³-hybridized carbons (Fsp3) is 0.696. The van der Waals surface area contributed by atoms with Crippen LogP contribution in [0.3, 0.4) is 0 Å². The molecule has 7 heteroatoms. The first kappa shape index (κ1) is 24.1. The Bertz CT molecular complexity index is 660. The van der Waals surface area contributed by atoms with E-state index >= 15 is 0 Å². The number of fused-ring (bicyclic) bond motifs is 1. The van der Waals surface area contributed by atoms with Crippen molar-refractivity contribution >= 4 is 17.8 Å². The number of hydrogen-bond acceptors (Lipinski definition) is 5. The maximum absolute atomic E-state index is 13.2. The van der Waals surface area contributed by atoms with Gasteiger partial charge in [0.2, 0.25) is 11.8 Å². The minimum absolute atomic E-state index is 0.0285. The van der Waals surface area contributed by atoms with E-state index in [9.17, 15) is 14.4 Å². The van der Waals surface area contributed by atoms with Crippen molar-refractivity contribution < 1.29 is 23.9 Å². The summed E-state index contributed by atoms with van der Waals surface area (Å²) in [5.41, 5.74) is -0.395. The summed E-state index contributed by atoms with van der Waals surface area (Å²) in [7, 11) is 0. The zero-order chi connectivity index (χ0) is 22.0. The molecule has 1 N–H and O–H groups in total. The third-order valence-corrected chi connectivity index (χ3v) is 5.79. The highest BCUT2D eigenvalue weighted by atomic mass is 16.5. The van der Waals surface area contributed by atoms with Crippen molar-refractivity contribution in [3.63, 3.8) is 0 Å². The van der Waals surface area contributed by atoms with Crippen molar-refractivity contribution in [3.05, 3.63) is 24.4 Å². The lowest BCUT2D eigenvalue weighted by Gasteiger charge is -2.35. The maximum atomic E-state index is 13.2. The number of hydrogen-bond donors (Lipinski definition) is 1. The third kappa shape index (κ3) is 5.31. The molecule has 0 bridgehead atoms. The summed E-state index contributed by atoms with van der Waals surface area (Å²) in [6.07, 6.45) is 8.50. The van der Waals surface area contributed by atoms with Crippen molar-refractivity contribution in [1.82, 2.24) is 10.2 Å². The van der Waals surface area contributed by atoms with Crippen molar-refractivity contribution in [1.29, 1.82) is 0 Å². The van der Waals surface area contributed by atoms with Crippen molar-refractivity contribution in [2.45, 2.75) is 58.8 Å². The van der Waals surface area contributed by atoms with Gasteiger partial charge in [-0.1, -0.05) is 25.5 Å². The number of nitrogens with zero attached hydrogens (tertiary/aromatic N) is 1. The normalized spacial score (nSPS) is 23.0. The Balaban J connectivity index is 2.07. The molecule has 0 aromatic heterocycles. The van der Waals surface area contributed by atoms with Crippen LogP contribution < -0.4 is 5.32 Å². The van der Waals surface area contributed by atoms with E-state index in [1.54, 1.807) is 17.9 Å². The zero-order valence-corrected chi connectivity index (χ0v) is 18.4. The van der Waals surface area contributed by atoms with E-state index in [1.165, 1.54) is 0 Å². The molecule has 2 atom stereocenters. The number of nitrogens with one attached hydrogen (secondary N) is 1. The largest absolute Gasteiger partial charge is 0.465 e. The van der Waals surface area contributed by atoms with Crippen molar-refractivity contribution in [2.24, 2.45) is 11.3 Å². The second-order valence-electron chi connectivity index (χ2n) is 7.84. The van der Waals surface area contributed by atoms with Crippen molar-refractivity contribution in [2.75, 3.05) is 32.9 Å². The quantitative estimate of drug-likeness (QED) is 0.281. The Morgan fingerprint density at radius 3 is 2.80 bits per heavy atom. The number of amides is 2. The standard InChI is InChI=1S/C23H36N2O5/c1-4-7-15-29-16-10-13-24-20(26)17-18-21(27)25(14-5-2)19-11-8-9-12-23(18,19)22(28)30-6-3/h5,11,18H,2,4,6-10,12-17H2,1,3H3,(H,24,26)/t18-,23-/m0/s1. The Hall–Kier alpha value is -2.15. The number of allylic oxidation sites excluding steroid dienone is 1. The summed E-state index contributed by atoms with van der Waals surface area (Å²) >= 11 is 0. The van der Waals surface area contributed by atoms with Crippen LogP contribution in [0.5, 0.6) is 0 Å². The van der Waals surface area contributed by atoms with E-state index in [0.717, 1.165) is 32.3 Å². The van der Waals surface area contributed by atoms with Gasteiger partial charge in [-0.15, -0.1) is 6.58 Å². The van der Waals surface area contributed by atoms with Gasteiger partial charge >= 0.3 is 5.97 Å². The first-order valence-corrected chi connectivity index (χ1v) is 11.2. The van der Waals surface area contributed by atoms with Gasteiger partial charge in [-0.25, -0.2) is 0 Å². The lowest BCUT2D eigenvalue weighted by Crippen LogP contribution is -2.43. The fourth-order valence-electron chi connectivity index (χ4n) is 4.35. The molecule has 0 spiro atoms. The van der Waals surface area contributed by atoms with Crippen LogP contribution in [0, 0.1) is 11.3 Å². The molecule has 1 aliphatic heterocycles. The topological polar surface area (TPSA) is 84.9 Å². The summed E-state index contributed by atoms with van der Waals surface area (Å²) in [6.45, 7) is 9.96.